The lowest BCUT2D eigenvalue weighted by molar-refractivity contribution is 0.192. The van der Waals surface area contributed by atoms with Crippen LogP contribution in [-0.4, -0.2) is 6.61 Å². The lowest BCUT2D eigenvalue weighted by atomic mass is 9.79. The maximum absolute atomic E-state index is 14.0. The summed E-state index contributed by atoms with van der Waals surface area (Å²) < 4.78 is 33.2. The number of nitriles is 1. The van der Waals surface area contributed by atoms with Crippen molar-refractivity contribution in [3.8, 4) is 11.8 Å². The van der Waals surface area contributed by atoms with Crippen molar-refractivity contribution in [2.45, 2.75) is 70.6 Å². The van der Waals surface area contributed by atoms with E-state index in [1.165, 1.54) is 48.9 Å². The van der Waals surface area contributed by atoms with Crippen molar-refractivity contribution in [1.82, 2.24) is 0 Å². The van der Waals surface area contributed by atoms with Crippen molar-refractivity contribution in [2.75, 3.05) is 6.61 Å². The molecule has 1 fully saturated rings. The van der Waals surface area contributed by atoms with E-state index in [4.69, 9.17) is 10.00 Å². The summed E-state index contributed by atoms with van der Waals surface area (Å²) in [5.74, 6) is -1.40. The van der Waals surface area contributed by atoms with Gasteiger partial charge in [-0.1, -0.05) is 50.5 Å². The molecule has 2 aromatic carbocycles. The van der Waals surface area contributed by atoms with Crippen LogP contribution in [0, 0.1) is 28.9 Å². The van der Waals surface area contributed by atoms with Gasteiger partial charge in [-0.2, -0.15) is 9.65 Å². The molecule has 3 rings (SSSR count). The van der Waals surface area contributed by atoms with Gasteiger partial charge in [0, 0.05) is 0 Å². The Kier molecular flexibility index (Phi) is 8.25. The third-order valence-corrected chi connectivity index (χ3v) is 6.26. The van der Waals surface area contributed by atoms with Crippen molar-refractivity contribution in [1.29, 1.82) is 5.26 Å². The number of unbranched alkanes of at least 4 members (excludes halogenated alkanes) is 3. The quantitative estimate of drug-likeness (QED) is 0.405. The Bertz CT molecular complexity index is 849. The number of aryl methyl sites for hydroxylation is 1. The van der Waals surface area contributed by atoms with Gasteiger partial charge in [-0.05, 0) is 73.6 Å². The summed E-state index contributed by atoms with van der Waals surface area (Å²) in [6.45, 7) is 2.62. The Morgan fingerprint density at radius 1 is 0.933 bits per heavy atom. The molecule has 1 aliphatic carbocycles. The van der Waals surface area contributed by atoms with Gasteiger partial charge < -0.3 is 4.74 Å². The predicted octanol–water partition coefficient (Wildman–Crippen LogP) is 7.31. The molecule has 30 heavy (non-hydrogen) atoms. The van der Waals surface area contributed by atoms with E-state index in [0.717, 1.165) is 32.1 Å². The second-order valence-corrected chi connectivity index (χ2v) is 8.43. The summed E-state index contributed by atoms with van der Waals surface area (Å²) in [6, 6.07) is 13.4. The molecule has 0 aliphatic heterocycles. The van der Waals surface area contributed by atoms with E-state index in [9.17, 15) is 8.78 Å². The highest BCUT2D eigenvalue weighted by Crippen LogP contribution is 2.36. The summed E-state index contributed by atoms with van der Waals surface area (Å²) >= 11 is 0. The fourth-order valence-corrected chi connectivity index (χ4v) is 4.31. The van der Waals surface area contributed by atoms with Crippen LogP contribution in [0.1, 0.15) is 80.9 Å². The Hall–Kier alpha value is -2.41. The standard InChI is InChI=1S/C26H31F2NO/c1-2-3-4-5-6-19-7-11-21(12-8-19)22-13-9-20(10-14-22)18-30-24-16-15-23(17-29)25(27)26(24)28/h7-8,11-12,15-16,20,22H,2-6,9-10,13-14,18H2,1H3/t20-,22-. The second-order valence-electron chi connectivity index (χ2n) is 8.43. The number of halogens is 2. The van der Waals surface area contributed by atoms with E-state index in [0.29, 0.717) is 18.4 Å². The van der Waals surface area contributed by atoms with E-state index in [-0.39, 0.29) is 11.3 Å². The minimum absolute atomic E-state index is 0.108. The molecule has 1 aliphatic rings. The van der Waals surface area contributed by atoms with Crippen LogP contribution in [-0.2, 0) is 6.42 Å². The highest BCUT2D eigenvalue weighted by atomic mass is 19.2. The molecule has 0 saturated heterocycles. The molecule has 0 unspecified atom stereocenters. The number of ether oxygens (including phenoxy) is 1. The lowest BCUT2D eigenvalue weighted by Gasteiger charge is -2.29. The van der Waals surface area contributed by atoms with Crippen LogP contribution in [0.15, 0.2) is 36.4 Å². The van der Waals surface area contributed by atoms with Crippen LogP contribution in [0.4, 0.5) is 8.78 Å². The highest BCUT2D eigenvalue weighted by molar-refractivity contribution is 5.37. The molecule has 160 valence electrons. The van der Waals surface area contributed by atoms with E-state index in [1.807, 2.05) is 0 Å². The first-order valence-corrected chi connectivity index (χ1v) is 11.2. The molecule has 2 nitrogen and oxygen atoms in total. The molecule has 0 N–H and O–H groups in total. The Morgan fingerprint density at radius 3 is 2.33 bits per heavy atom. The molecule has 4 heteroatoms. The number of benzene rings is 2. The first-order chi connectivity index (χ1) is 14.6. The summed E-state index contributed by atoms with van der Waals surface area (Å²) in [4.78, 5) is 0. The van der Waals surface area contributed by atoms with Crippen LogP contribution in [0.5, 0.6) is 5.75 Å². The van der Waals surface area contributed by atoms with E-state index in [1.54, 1.807) is 6.07 Å². The topological polar surface area (TPSA) is 33.0 Å². The Morgan fingerprint density at radius 2 is 1.67 bits per heavy atom. The van der Waals surface area contributed by atoms with Gasteiger partial charge in [0.25, 0.3) is 0 Å². The Balaban J connectivity index is 1.45. The zero-order chi connectivity index (χ0) is 21.3. The lowest BCUT2D eigenvalue weighted by Crippen LogP contribution is -2.19. The number of hydrogen-bond donors (Lipinski definition) is 0. The van der Waals surface area contributed by atoms with Crippen LogP contribution < -0.4 is 4.74 Å². The average molecular weight is 412 g/mol. The van der Waals surface area contributed by atoms with Gasteiger partial charge in [0.1, 0.15) is 6.07 Å². The van der Waals surface area contributed by atoms with Crippen LogP contribution in [0.3, 0.4) is 0 Å². The van der Waals surface area contributed by atoms with Crippen LogP contribution in [0.2, 0.25) is 0 Å². The molecule has 0 aromatic heterocycles. The minimum Gasteiger partial charge on any atom is -0.490 e. The predicted molar refractivity (Wildman–Crippen MR) is 116 cm³/mol. The summed E-state index contributed by atoms with van der Waals surface area (Å²) in [5, 5.41) is 8.76. The third-order valence-electron chi connectivity index (χ3n) is 6.26. The molecule has 0 bridgehead atoms. The van der Waals surface area contributed by atoms with Crippen molar-refractivity contribution in [2.24, 2.45) is 5.92 Å². The fourth-order valence-electron chi connectivity index (χ4n) is 4.31. The van der Waals surface area contributed by atoms with Crippen LogP contribution in [0.25, 0.3) is 0 Å². The summed E-state index contributed by atoms with van der Waals surface area (Å²) in [7, 11) is 0. The van der Waals surface area contributed by atoms with Gasteiger partial charge in [0.2, 0.25) is 5.82 Å². The molecule has 0 atom stereocenters. The smallest absolute Gasteiger partial charge is 0.201 e. The molecule has 2 aromatic rings. The van der Waals surface area contributed by atoms with Gasteiger partial charge in [-0.25, -0.2) is 4.39 Å². The molecular weight excluding hydrogens is 380 g/mol. The van der Waals surface area contributed by atoms with E-state index in [2.05, 4.69) is 31.2 Å². The zero-order valence-corrected chi connectivity index (χ0v) is 17.8. The normalized spacial score (nSPS) is 18.7. The highest BCUT2D eigenvalue weighted by Gasteiger charge is 2.23. The third kappa shape index (κ3) is 5.81. The molecule has 0 radical (unpaired) electrons. The number of rotatable bonds is 9. The van der Waals surface area contributed by atoms with Crippen molar-refractivity contribution < 1.29 is 13.5 Å². The van der Waals surface area contributed by atoms with Gasteiger partial charge in [0.15, 0.2) is 11.6 Å². The van der Waals surface area contributed by atoms with Crippen LogP contribution >= 0.6 is 0 Å². The zero-order valence-electron chi connectivity index (χ0n) is 17.8. The van der Waals surface area contributed by atoms with Crippen molar-refractivity contribution >= 4 is 0 Å². The van der Waals surface area contributed by atoms with Crippen molar-refractivity contribution in [3.63, 3.8) is 0 Å². The molecule has 1 saturated carbocycles. The molecule has 0 amide bonds. The van der Waals surface area contributed by atoms with Gasteiger partial charge in [-0.3, -0.25) is 0 Å². The van der Waals surface area contributed by atoms with Gasteiger partial charge in [-0.15, -0.1) is 0 Å². The van der Waals surface area contributed by atoms with Gasteiger partial charge in [0.05, 0.1) is 12.2 Å². The average Bonchev–Trinajstić information content (AvgIpc) is 2.79. The monoisotopic (exact) mass is 411 g/mol. The van der Waals surface area contributed by atoms with Crippen molar-refractivity contribution in [3.05, 3.63) is 64.7 Å². The SMILES string of the molecule is CCCCCCc1ccc([C@H]2CC[C@H](COc3ccc(C#N)c(F)c3F)CC2)cc1. The Labute approximate surface area is 178 Å². The minimum atomic E-state index is -1.13. The largest absolute Gasteiger partial charge is 0.490 e. The molecule has 0 heterocycles. The first kappa shape index (κ1) is 22.3. The first-order valence-electron chi connectivity index (χ1n) is 11.2. The maximum Gasteiger partial charge on any atom is 0.201 e. The number of nitrogens with zero attached hydrogens (tertiary/aromatic N) is 1. The summed E-state index contributed by atoms with van der Waals surface area (Å²) in [6.07, 6.45) is 10.5. The molecular formula is C26H31F2NO. The summed E-state index contributed by atoms with van der Waals surface area (Å²) in [5.41, 5.74) is 2.54. The maximum atomic E-state index is 14.0. The van der Waals surface area contributed by atoms with E-state index >= 15 is 0 Å². The van der Waals surface area contributed by atoms with E-state index < -0.39 is 11.6 Å². The number of hydrogen-bond acceptors (Lipinski definition) is 2. The fraction of sp³-hybridized carbons (Fsp3) is 0.500. The van der Waals surface area contributed by atoms with Gasteiger partial charge >= 0.3 is 0 Å². The molecule has 0 spiro atoms. The second kappa shape index (κ2) is 11.1.